The summed E-state index contributed by atoms with van der Waals surface area (Å²) in [5.74, 6) is 0. The normalized spacial score (nSPS) is 15.3. The molecule has 1 heterocycles. The molecule has 2 nitrogen and oxygen atoms in total. The number of hydrogen-bond acceptors (Lipinski definition) is 2. The first-order chi connectivity index (χ1) is 36.7. The van der Waals surface area contributed by atoms with Crippen LogP contribution in [0.1, 0.15) is 72.2 Å². The van der Waals surface area contributed by atoms with Crippen LogP contribution in [0.4, 0.5) is 17.1 Å². The summed E-state index contributed by atoms with van der Waals surface area (Å²) in [6.45, 7) is 9.57. The molecule has 0 bridgehead atoms. The largest absolute Gasteiger partial charge is 0.456 e. The molecule has 1 aromatic heterocycles. The van der Waals surface area contributed by atoms with Crippen molar-refractivity contribution in [3.8, 4) is 55.6 Å². The Morgan fingerprint density at radius 3 is 1.48 bits per heavy atom. The fourth-order valence-corrected chi connectivity index (χ4v) is 15.2. The lowest BCUT2D eigenvalue weighted by Gasteiger charge is -2.33. The van der Waals surface area contributed by atoms with Crippen LogP contribution in [0.5, 0.6) is 0 Å². The van der Waals surface area contributed by atoms with Gasteiger partial charge in [-0.3, -0.25) is 0 Å². The fourth-order valence-electron chi connectivity index (χ4n) is 15.2. The van der Waals surface area contributed by atoms with Gasteiger partial charge < -0.3 is 9.32 Å². The highest BCUT2D eigenvalue weighted by Gasteiger charge is 2.52. The molecule has 0 saturated carbocycles. The number of hydrogen-bond donors (Lipinski definition) is 0. The maximum atomic E-state index is 6.48. The van der Waals surface area contributed by atoms with Crippen molar-refractivity contribution in [3.63, 3.8) is 0 Å². The molecule has 0 aliphatic heterocycles. The highest BCUT2D eigenvalue weighted by molar-refractivity contribution is 6.33. The number of benzene rings is 12. The first-order valence-electron chi connectivity index (χ1n) is 26.6. The molecule has 0 fully saturated rings. The molecule has 4 aliphatic rings. The molecular weight excluding hydrogens is 907 g/mol. The molecule has 0 N–H and O–H groups in total. The molecule has 0 unspecified atom stereocenters. The maximum Gasteiger partial charge on any atom is 0.136 e. The lowest BCUT2D eigenvalue weighted by molar-refractivity contribution is 0.660. The van der Waals surface area contributed by atoms with Gasteiger partial charge in [-0.05, 0) is 165 Å². The zero-order chi connectivity index (χ0) is 49.7. The summed E-state index contributed by atoms with van der Waals surface area (Å²) < 4.78 is 6.48. The van der Waals surface area contributed by atoms with Gasteiger partial charge in [-0.25, -0.2) is 0 Å². The van der Waals surface area contributed by atoms with Gasteiger partial charge in [0.15, 0.2) is 0 Å². The second-order valence-corrected chi connectivity index (χ2v) is 22.6. The molecule has 352 valence electrons. The maximum absolute atomic E-state index is 6.48. The van der Waals surface area contributed by atoms with Gasteiger partial charge in [-0.15, -0.1) is 0 Å². The van der Waals surface area contributed by atoms with Crippen molar-refractivity contribution in [2.24, 2.45) is 0 Å². The average Bonchev–Trinajstić information content (AvgIpc) is 4.40. The fraction of sp³-hybridized carbons (Fsp3) is 0.0959. The van der Waals surface area contributed by atoms with Crippen LogP contribution in [-0.4, -0.2) is 0 Å². The van der Waals surface area contributed by atoms with E-state index in [4.69, 9.17) is 4.42 Å². The van der Waals surface area contributed by atoms with Crippen LogP contribution in [-0.2, 0) is 16.2 Å². The van der Waals surface area contributed by atoms with Crippen molar-refractivity contribution in [2.75, 3.05) is 4.90 Å². The van der Waals surface area contributed by atoms with Crippen LogP contribution in [0.25, 0.3) is 99.1 Å². The number of furan rings is 1. The molecule has 0 amide bonds. The van der Waals surface area contributed by atoms with Gasteiger partial charge in [0.25, 0.3) is 0 Å². The van der Waals surface area contributed by atoms with E-state index in [9.17, 15) is 0 Å². The van der Waals surface area contributed by atoms with E-state index in [0.29, 0.717) is 0 Å². The van der Waals surface area contributed by atoms with E-state index in [2.05, 4.69) is 257 Å². The lowest BCUT2D eigenvalue weighted by atomic mass is 9.70. The molecular formula is C73H49NO. The van der Waals surface area contributed by atoms with Gasteiger partial charge in [0.2, 0.25) is 0 Å². The van der Waals surface area contributed by atoms with Gasteiger partial charge in [0.05, 0.1) is 11.1 Å². The third-order valence-electron chi connectivity index (χ3n) is 18.4. The van der Waals surface area contributed by atoms with Crippen molar-refractivity contribution in [2.45, 2.75) is 43.9 Å². The topological polar surface area (TPSA) is 16.4 Å². The zero-order valence-corrected chi connectivity index (χ0v) is 42.2. The SMILES string of the molecule is CC1(C)c2ccccc2-c2ccc(N(c3ccc4c(c3)C3(c5ccccc5-c5ccccc53)c3cccc(-c5ccc6c(c5)c5cccc7oc8cccc6c8c75)c3-4)c3cccc4c3-c3ccccc3C4(C)C)cc21. The highest BCUT2D eigenvalue weighted by atomic mass is 16.3. The molecule has 2 heteroatoms. The van der Waals surface area contributed by atoms with Crippen LogP contribution < -0.4 is 4.90 Å². The third kappa shape index (κ3) is 5.05. The van der Waals surface area contributed by atoms with Crippen molar-refractivity contribution in [3.05, 3.63) is 269 Å². The molecule has 17 rings (SSSR count). The minimum atomic E-state index is -0.578. The summed E-state index contributed by atoms with van der Waals surface area (Å²) in [6.07, 6.45) is 0. The molecule has 75 heavy (non-hydrogen) atoms. The summed E-state index contributed by atoms with van der Waals surface area (Å²) in [4.78, 5) is 2.59. The third-order valence-corrected chi connectivity index (χ3v) is 18.4. The summed E-state index contributed by atoms with van der Waals surface area (Å²) in [5, 5.41) is 7.37. The number of fused-ring (bicyclic) bond motifs is 19. The van der Waals surface area contributed by atoms with E-state index < -0.39 is 5.41 Å². The van der Waals surface area contributed by atoms with E-state index in [-0.39, 0.29) is 10.8 Å². The predicted octanol–water partition coefficient (Wildman–Crippen LogP) is 19.4. The Kier molecular flexibility index (Phi) is 7.85. The Balaban J connectivity index is 0.951. The Bertz CT molecular complexity index is 4630. The van der Waals surface area contributed by atoms with E-state index in [1.807, 2.05) is 0 Å². The highest BCUT2D eigenvalue weighted by Crippen LogP contribution is 2.65. The smallest absolute Gasteiger partial charge is 0.136 e. The Labute approximate surface area is 436 Å². The van der Waals surface area contributed by atoms with Crippen LogP contribution in [0.15, 0.2) is 229 Å². The first-order valence-corrected chi connectivity index (χ1v) is 26.6. The first kappa shape index (κ1) is 41.5. The van der Waals surface area contributed by atoms with E-state index in [1.165, 1.54) is 138 Å². The van der Waals surface area contributed by atoms with Crippen LogP contribution in [0.2, 0.25) is 0 Å². The quantitative estimate of drug-likeness (QED) is 0.163. The Morgan fingerprint density at radius 2 is 0.787 bits per heavy atom. The summed E-state index contributed by atoms with van der Waals surface area (Å²) in [6, 6.07) is 85.5. The molecule has 0 radical (unpaired) electrons. The van der Waals surface area contributed by atoms with Gasteiger partial charge in [0, 0.05) is 38.5 Å². The predicted molar refractivity (Wildman–Crippen MR) is 311 cm³/mol. The molecule has 0 saturated heterocycles. The van der Waals surface area contributed by atoms with Crippen molar-refractivity contribution >= 4 is 60.5 Å². The monoisotopic (exact) mass is 955 g/mol. The zero-order valence-electron chi connectivity index (χ0n) is 42.2. The summed E-state index contributed by atoms with van der Waals surface area (Å²) >= 11 is 0. The second-order valence-electron chi connectivity index (χ2n) is 22.6. The molecule has 4 aliphatic carbocycles. The van der Waals surface area contributed by atoms with E-state index in [0.717, 1.165) is 22.5 Å². The lowest BCUT2D eigenvalue weighted by Crippen LogP contribution is -2.26. The Morgan fingerprint density at radius 1 is 0.307 bits per heavy atom. The summed E-state index contributed by atoms with van der Waals surface area (Å²) in [7, 11) is 0. The minimum Gasteiger partial charge on any atom is -0.456 e. The summed E-state index contributed by atoms with van der Waals surface area (Å²) in [5.41, 5.74) is 28.1. The van der Waals surface area contributed by atoms with Crippen LogP contribution in [0, 0.1) is 0 Å². The van der Waals surface area contributed by atoms with Crippen LogP contribution >= 0.6 is 0 Å². The van der Waals surface area contributed by atoms with Crippen LogP contribution in [0.3, 0.4) is 0 Å². The van der Waals surface area contributed by atoms with Gasteiger partial charge >= 0.3 is 0 Å². The molecule has 0 atom stereocenters. The van der Waals surface area contributed by atoms with Gasteiger partial charge in [0.1, 0.15) is 11.2 Å². The van der Waals surface area contributed by atoms with Gasteiger partial charge in [-0.2, -0.15) is 0 Å². The molecule has 13 aromatic rings. The van der Waals surface area contributed by atoms with Crippen molar-refractivity contribution < 1.29 is 4.42 Å². The average molecular weight is 956 g/mol. The van der Waals surface area contributed by atoms with Gasteiger partial charge in [-0.1, -0.05) is 204 Å². The van der Waals surface area contributed by atoms with Crippen molar-refractivity contribution in [1.29, 1.82) is 0 Å². The van der Waals surface area contributed by atoms with E-state index >= 15 is 0 Å². The van der Waals surface area contributed by atoms with Crippen molar-refractivity contribution in [1.82, 2.24) is 0 Å². The number of anilines is 3. The molecule has 12 aromatic carbocycles. The number of rotatable bonds is 4. The second kappa shape index (κ2) is 14.2. The minimum absolute atomic E-state index is 0.163. The molecule has 1 spiro atoms. The Hall–Kier alpha value is -8.98. The standard InChI is InChI=1S/C73H49NO/c1-71(2)57-25-10-8-20-53(57)68-60(71)28-16-30-64(68)74(43-34-37-50-47-17-5-9-24-56(47)72(3,4)62(50)40-43)44-35-38-54-63(41-44)73(58-26-11-6-18-48(58)49-19-7-12-27-59(49)73)61-29-13-21-45(67(54)61)42-33-36-46-51-22-14-31-65-69(51)70-52(55(46)39-42)23-15-32-66(70)75-65/h5-41H,1-4H3. The van der Waals surface area contributed by atoms with E-state index in [1.54, 1.807) is 0 Å². The number of nitrogens with zero attached hydrogens (tertiary/aromatic N) is 1.